The van der Waals surface area contributed by atoms with Gasteiger partial charge in [0.15, 0.2) is 5.92 Å². The van der Waals surface area contributed by atoms with E-state index in [4.69, 9.17) is 4.98 Å². The lowest BCUT2D eigenvalue weighted by Crippen LogP contribution is -2.43. The largest absolute Gasteiger partial charge is 0.400 e. The Morgan fingerprint density at radius 1 is 0.767 bits per heavy atom. The van der Waals surface area contributed by atoms with Gasteiger partial charge in [0, 0.05) is 27.2 Å². The van der Waals surface area contributed by atoms with Gasteiger partial charge in [-0.1, -0.05) is 57.2 Å². The Kier molecular flexibility index (Phi) is 7.30. The van der Waals surface area contributed by atoms with Crippen LogP contribution in [-0.4, -0.2) is 17.3 Å². The second-order valence-corrected chi connectivity index (χ2v) is 14.0. The molecule has 3 aromatic carbocycles. The average molecular weight is 614 g/mol. The number of rotatable bonds is 3. The standard InChI is InChI=1S/C35H33F6NS/c1-19-24(20-9-11-21(12-10-20)32(34(36,37)38)35(39,40)41)13-14-26-27-15-16-42-29(31(27)43-30(19)26)23-17-22-7-5-6-8-25(22)28(18-23)33(2,3)4/h5-8,13-18,20-21,32H,9-12H2,1-4H3. The van der Waals surface area contributed by atoms with E-state index in [1.807, 2.05) is 31.3 Å². The van der Waals surface area contributed by atoms with Crippen LogP contribution in [-0.2, 0) is 5.41 Å². The summed E-state index contributed by atoms with van der Waals surface area (Å²) in [4.78, 5) is 4.84. The highest BCUT2D eigenvalue weighted by Crippen LogP contribution is 2.51. The molecule has 0 spiro atoms. The smallest absolute Gasteiger partial charge is 0.255 e. The maximum absolute atomic E-state index is 13.3. The number of hydrogen-bond donors (Lipinski definition) is 0. The zero-order valence-corrected chi connectivity index (χ0v) is 25.3. The first-order valence-corrected chi connectivity index (χ1v) is 15.4. The summed E-state index contributed by atoms with van der Waals surface area (Å²) in [6, 6.07) is 18.9. The minimum absolute atomic E-state index is 0.0691. The van der Waals surface area contributed by atoms with Gasteiger partial charge in [0.1, 0.15) is 0 Å². The molecule has 226 valence electrons. The Balaban J connectivity index is 1.38. The molecule has 2 heterocycles. The van der Waals surface area contributed by atoms with Crippen LogP contribution in [0.3, 0.4) is 0 Å². The zero-order valence-electron chi connectivity index (χ0n) is 24.5. The summed E-state index contributed by atoms with van der Waals surface area (Å²) < 4.78 is 82.2. The molecule has 8 heteroatoms. The summed E-state index contributed by atoms with van der Waals surface area (Å²) in [5.41, 5.74) is 5.18. The van der Waals surface area contributed by atoms with E-state index in [1.165, 1.54) is 10.9 Å². The molecule has 1 fully saturated rings. The molecule has 0 N–H and O–H groups in total. The first-order chi connectivity index (χ1) is 20.1. The number of aromatic nitrogens is 1. The maximum atomic E-state index is 13.3. The van der Waals surface area contributed by atoms with Gasteiger partial charge in [-0.05, 0) is 95.5 Å². The second-order valence-electron chi connectivity index (χ2n) is 13.0. The molecule has 6 rings (SSSR count). The van der Waals surface area contributed by atoms with Gasteiger partial charge in [0.05, 0.1) is 10.4 Å². The van der Waals surface area contributed by atoms with Crippen LogP contribution in [0.4, 0.5) is 26.3 Å². The maximum Gasteiger partial charge on any atom is 0.400 e. The lowest BCUT2D eigenvalue weighted by Gasteiger charge is -2.36. The van der Waals surface area contributed by atoms with Gasteiger partial charge < -0.3 is 0 Å². The summed E-state index contributed by atoms with van der Waals surface area (Å²) in [5.74, 6) is -4.76. The average Bonchev–Trinajstić information content (AvgIpc) is 3.31. The minimum Gasteiger partial charge on any atom is -0.255 e. The van der Waals surface area contributed by atoms with E-state index in [9.17, 15) is 26.3 Å². The molecule has 5 aromatic rings. The third-order valence-electron chi connectivity index (χ3n) is 9.18. The van der Waals surface area contributed by atoms with Crippen molar-refractivity contribution >= 4 is 42.3 Å². The Morgan fingerprint density at radius 3 is 2.07 bits per heavy atom. The van der Waals surface area contributed by atoms with Crippen LogP contribution in [0.1, 0.15) is 69.1 Å². The number of halogens is 6. The predicted molar refractivity (Wildman–Crippen MR) is 164 cm³/mol. The molecule has 1 aliphatic rings. The van der Waals surface area contributed by atoms with Crippen LogP contribution in [0, 0.1) is 18.8 Å². The van der Waals surface area contributed by atoms with E-state index in [0.29, 0.717) is 12.8 Å². The second kappa shape index (κ2) is 10.5. The monoisotopic (exact) mass is 613 g/mol. The van der Waals surface area contributed by atoms with Crippen LogP contribution < -0.4 is 0 Å². The van der Waals surface area contributed by atoms with Gasteiger partial charge in [-0.25, -0.2) is 0 Å². The van der Waals surface area contributed by atoms with Crippen LogP contribution in [0.5, 0.6) is 0 Å². The van der Waals surface area contributed by atoms with Crippen molar-refractivity contribution in [1.29, 1.82) is 0 Å². The molecule has 0 aliphatic heterocycles. The lowest BCUT2D eigenvalue weighted by atomic mass is 9.72. The molecular weight excluding hydrogens is 580 g/mol. The summed E-state index contributed by atoms with van der Waals surface area (Å²) in [7, 11) is 0. The number of pyridine rings is 1. The highest BCUT2D eigenvalue weighted by Gasteiger charge is 2.60. The lowest BCUT2D eigenvalue weighted by molar-refractivity contribution is -0.301. The van der Waals surface area contributed by atoms with Gasteiger partial charge in [0.25, 0.3) is 0 Å². The molecule has 1 aliphatic carbocycles. The molecule has 0 bridgehead atoms. The van der Waals surface area contributed by atoms with E-state index in [0.717, 1.165) is 47.9 Å². The van der Waals surface area contributed by atoms with E-state index in [-0.39, 0.29) is 24.2 Å². The van der Waals surface area contributed by atoms with Crippen molar-refractivity contribution in [3.05, 3.63) is 77.5 Å². The molecule has 0 saturated heterocycles. The number of thiophene rings is 1. The van der Waals surface area contributed by atoms with Crippen molar-refractivity contribution in [3.8, 4) is 11.3 Å². The van der Waals surface area contributed by atoms with Crippen molar-refractivity contribution < 1.29 is 26.3 Å². The number of benzene rings is 3. The molecule has 0 amide bonds. The van der Waals surface area contributed by atoms with E-state index in [1.54, 1.807) is 11.3 Å². The first kappa shape index (κ1) is 29.9. The molecular formula is C35H33F6NS. The van der Waals surface area contributed by atoms with Gasteiger partial charge in [-0.3, -0.25) is 4.98 Å². The highest BCUT2D eigenvalue weighted by molar-refractivity contribution is 7.26. The van der Waals surface area contributed by atoms with Crippen molar-refractivity contribution in [1.82, 2.24) is 4.98 Å². The molecule has 1 saturated carbocycles. The minimum atomic E-state index is -5.29. The molecule has 1 nitrogen and oxygen atoms in total. The van der Waals surface area contributed by atoms with Crippen LogP contribution in [0.25, 0.3) is 42.2 Å². The van der Waals surface area contributed by atoms with Gasteiger partial charge in [0.2, 0.25) is 0 Å². The fraction of sp³-hybridized carbons (Fsp3) is 0.400. The number of aryl methyl sites for hydroxylation is 1. The van der Waals surface area contributed by atoms with Crippen LogP contribution >= 0.6 is 11.3 Å². The van der Waals surface area contributed by atoms with Crippen molar-refractivity contribution in [2.24, 2.45) is 11.8 Å². The summed E-state index contributed by atoms with van der Waals surface area (Å²) in [5, 5.41) is 4.54. The number of hydrogen-bond acceptors (Lipinski definition) is 2. The van der Waals surface area contributed by atoms with Crippen molar-refractivity contribution in [2.45, 2.75) is 77.1 Å². The number of alkyl halides is 6. The quantitative estimate of drug-likeness (QED) is 0.185. The summed E-state index contributed by atoms with van der Waals surface area (Å²) >= 11 is 1.66. The number of fused-ring (bicyclic) bond motifs is 4. The molecule has 43 heavy (non-hydrogen) atoms. The first-order valence-electron chi connectivity index (χ1n) is 14.6. The van der Waals surface area contributed by atoms with Crippen molar-refractivity contribution in [3.63, 3.8) is 0 Å². The summed E-state index contributed by atoms with van der Waals surface area (Å²) in [6.45, 7) is 8.64. The Labute approximate surface area is 250 Å². The summed E-state index contributed by atoms with van der Waals surface area (Å²) in [6.07, 6.45) is -8.31. The highest BCUT2D eigenvalue weighted by atomic mass is 32.1. The van der Waals surface area contributed by atoms with Crippen LogP contribution in [0.2, 0.25) is 0 Å². The fourth-order valence-corrected chi connectivity index (χ4v) is 8.43. The third-order valence-corrected chi connectivity index (χ3v) is 10.5. The topological polar surface area (TPSA) is 12.9 Å². The Bertz CT molecular complexity index is 1800. The Hall–Kier alpha value is -3.13. The van der Waals surface area contributed by atoms with Gasteiger partial charge >= 0.3 is 12.4 Å². The zero-order chi connectivity index (χ0) is 30.9. The molecule has 0 unspecified atom stereocenters. The van der Waals surface area contributed by atoms with Crippen molar-refractivity contribution in [2.75, 3.05) is 0 Å². The normalized spacial score (nSPS) is 18.8. The Morgan fingerprint density at radius 2 is 1.42 bits per heavy atom. The fourth-order valence-electron chi connectivity index (χ4n) is 7.12. The van der Waals surface area contributed by atoms with Gasteiger partial charge in [-0.2, -0.15) is 26.3 Å². The molecule has 0 radical (unpaired) electrons. The van der Waals surface area contributed by atoms with E-state index >= 15 is 0 Å². The SMILES string of the molecule is Cc1c(C2CCC(C(C(F)(F)F)C(F)(F)F)CC2)ccc2c1sc1c(-c3cc(C(C)(C)C)c4ccccc4c3)nccc12. The van der Waals surface area contributed by atoms with E-state index < -0.39 is 24.2 Å². The van der Waals surface area contributed by atoms with E-state index in [2.05, 4.69) is 57.2 Å². The van der Waals surface area contributed by atoms with Gasteiger partial charge in [-0.15, -0.1) is 11.3 Å². The third kappa shape index (κ3) is 5.41. The molecule has 0 atom stereocenters. The van der Waals surface area contributed by atoms with Crippen LogP contribution in [0.15, 0.2) is 60.8 Å². The molecule has 2 aromatic heterocycles. The predicted octanol–water partition coefficient (Wildman–Crippen LogP) is 11.9. The number of nitrogens with zero attached hydrogens (tertiary/aromatic N) is 1.